The molecule has 4 nitrogen and oxygen atoms in total. The molecule has 0 radical (unpaired) electrons. The van der Waals surface area contributed by atoms with Crippen LogP contribution in [0.1, 0.15) is 35.3 Å². The van der Waals surface area contributed by atoms with E-state index in [9.17, 15) is 4.79 Å². The van der Waals surface area contributed by atoms with Crippen molar-refractivity contribution >= 4 is 22.6 Å². The number of esters is 1. The fourth-order valence-corrected chi connectivity index (χ4v) is 3.33. The summed E-state index contributed by atoms with van der Waals surface area (Å²) in [4.78, 5) is 17.2. The number of hydrogen-bond donors (Lipinski definition) is 1. The minimum atomic E-state index is -0.434. The Labute approximate surface area is 158 Å². The predicted octanol–water partition coefficient (Wildman–Crippen LogP) is 4.33. The summed E-state index contributed by atoms with van der Waals surface area (Å²) in [5.74, 6) is 0.548. The molecule has 0 amide bonds. The van der Waals surface area contributed by atoms with Gasteiger partial charge < -0.3 is 10.1 Å². The van der Waals surface area contributed by atoms with Gasteiger partial charge in [0.2, 0.25) is 0 Å². The quantitative estimate of drug-likeness (QED) is 0.707. The molecule has 1 N–H and O–H groups in total. The third kappa shape index (κ3) is 3.56. The van der Waals surface area contributed by atoms with Gasteiger partial charge in [0.25, 0.3) is 0 Å². The van der Waals surface area contributed by atoms with Crippen molar-refractivity contribution < 1.29 is 9.53 Å². The Morgan fingerprint density at radius 3 is 2.67 bits per heavy atom. The van der Waals surface area contributed by atoms with Crippen molar-refractivity contribution in [2.24, 2.45) is 4.99 Å². The topological polar surface area (TPSA) is 50.7 Å². The number of rotatable bonds is 4. The number of nitrogens with zero attached hydrogens (tertiary/aromatic N) is 1. The number of carbonyl (C=O) groups is 1. The first-order valence-corrected chi connectivity index (χ1v) is 9.09. The van der Waals surface area contributed by atoms with Crippen LogP contribution in [0, 0.1) is 0 Å². The van der Waals surface area contributed by atoms with Crippen LogP contribution in [0.3, 0.4) is 0 Å². The fourth-order valence-electron chi connectivity index (χ4n) is 3.33. The Morgan fingerprint density at radius 2 is 1.78 bits per heavy atom. The molecule has 4 heteroatoms. The molecule has 1 aliphatic heterocycles. The molecular weight excluding hydrogens is 336 g/mol. The Morgan fingerprint density at radius 1 is 1.04 bits per heavy atom. The summed E-state index contributed by atoms with van der Waals surface area (Å²) in [6.07, 6.45) is 0. The summed E-state index contributed by atoms with van der Waals surface area (Å²) in [5.41, 5.74) is 2.48. The van der Waals surface area contributed by atoms with Gasteiger partial charge in [-0.15, -0.1) is 0 Å². The third-order valence-corrected chi connectivity index (χ3v) is 4.71. The van der Waals surface area contributed by atoms with Crippen LogP contribution in [0.25, 0.3) is 10.8 Å². The molecular formula is C23H22N2O2. The first kappa shape index (κ1) is 17.3. The Hall–Kier alpha value is -3.14. The lowest BCUT2D eigenvalue weighted by atomic mass is 10.0. The van der Waals surface area contributed by atoms with Gasteiger partial charge in [0.1, 0.15) is 12.4 Å². The van der Waals surface area contributed by atoms with E-state index in [1.54, 1.807) is 0 Å². The van der Waals surface area contributed by atoms with E-state index >= 15 is 0 Å². The van der Waals surface area contributed by atoms with Crippen molar-refractivity contribution in [3.05, 3.63) is 83.4 Å². The zero-order valence-corrected chi connectivity index (χ0v) is 15.5. The van der Waals surface area contributed by atoms with E-state index < -0.39 is 5.54 Å². The minimum absolute atomic E-state index is 0.246. The van der Waals surface area contributed by atoms with Gasteiger partial charge >= 0.3 is 5.97 Å². The van der Waals surface area contributed by atoms with Gasteiger partial charge in [0, 0.05) is 5.56 Å². The Kier molecular flexibility index (Phi) is 4.40. The molecule has 0 unspecified atom stereocenters. The summed E-state index contributed by atoms with van der Waals surface area (Å²) in [6.45, 7) is 4.94. The summed E-state index contributed by atoms with van der Waals surface area (Å²) in [5, 5.41) is 5.36. The monoisotopic (exact) mass is 358 g/mol. The van der Waals surface area contributed by atoms with Gasteiger partial charge in [-0.3, -0.25) is 4.99 Å². The number of carbonyl (C=O) groups excluding carboxylic acids is 1. The van der Waals surface area contributed by atoms with Gasteiger partial charge in [-0.05, 0) is 36.2 Å². The fraction of sp³-hybridized carbons (Fsp3) is 0.217. The van der Waals surface area contributed by atoms with Crippen LogP contribution in [0.15, 0.2) is 71.7 Å². The van der Waals surface area contributed by atoms with Crippen LogP contribution in [-0.2, 0) is 11.3 Å². The van der Waals surface area contributed by atoms with Crippen LogP contribution >= 0.6 is 0 Å². The van der Waals surface area contributed by atoms with E-state index in [4.69, 9.17) is 4.74 Å². The molecule has 1 aliphatic rings. The number of benzene rings is 3. The van der Waals surface area contributed by atoms with Gasteiger partial charge in [-0.1, -0.05) is 60.7 Å². The highest BCUT2D eigenvalue weighted by Crippen LogP contribution is 2.21. The molecule has 0 aromatic heterocycles. The van der Waals surface area contributed by atoms with Crippen LogP contribution in [-0.4, -0.2) is 24.0 Å². The van der Waals surface area contributed by atoms with Crippen LogP contribution in [0.5, 0.6) is 0 Å². The normalized spacial score (nSPS) is 13.2. The zero-order valence-electron chi connectivity index (χ0n) is 15.5. The van der Waals surface area contributed by atoms with E-state index in [0.717, 1.165) is 22.2 Å². The molecule has 1 heterocycles. The number of hydrogen-bond acceptors (Lipinski definition) is 4. The molecule has 3 aromatic carbocycles. The smallest absolute Gasteiger partial charge is 0.338 e. The maximum absolute atomic E-state index is 12.7. The van der Waals surface area contributed by atoms with Crippen molar-refractivity contribution in [1.82, 2.24) is 5.32 Å². The Balaban J connectivity index is 1.45. The summed E-state index contributed by atoms with van der Waals surface area (Å²) in [7, 11) is 0. The number of amidine groups is 1. The molecule has 0 spiro atoms. The molecule has 136 valence electrons. The summed E-state index contributed by atoms with van der Waals surface area (Å²) < 4.78 is 5.64. The van der Waals surface area contributed by atoms with Crippen molar-refractivity contribution in [2.75, 3.05) is 6.61 Å². The third-order valence-electron chi connectivity index (χ3n) is 4.71. The highest BCUT2D eigenvalue weighted by molar-refractivity contribution is 6.04. The highest BCUT2D eigenvalue weighted by Gasteiger charge is 2.25. The maximum Gasteiger partial charge on any atom is 0.338 e. The van der Waals surface area contributed by atoms with Gasteiger partial charge in [0.15, 0.2) is 0 Å². The lowest BCUT2D eigenvalue weighted by molar-refractivity contribution is 0.0420. The van der Waals surface area contributed by atoms with Crippen molar-refractivity contribution in [3.8, 4) is 0 Å². The second-order valence-corrected chi connectivity index (χ2v) is 7.43. The number of fused-ring (bicyclic) bond motifs is 2. The van der Waals surface area contributed by atoms with Crippen molar-refractivity contribution in [2.45, 2.75) is 25.9 Å². The second kappa shape index (κ2) is 6.88. The molecule has 0 bridgehead atoms. The zero-order chi connectivity index (χ0) is 18.9. The standard InChI is InChI=1S/C23H22N2O2/c1-23(2,25-21-19-12-6-4-9-17(19)14-24-21)15-27-22(26)20-13-7-10-16-8-3-5-11-18(16)20/h3-13H,14-15H2,1-2H3,(H,24,25). The average Bonchev–Trinajstić information content (AvgIpc) is 3.08. The van der Waals surface area contributed by atoms with E-state index in [-0.39, 0.29) is 12.6 Å². The van der Waals surface area contributed by atoms with Gasteiger partial charge in [-0.25, -0.2) is 4.79 Å². The molecule has 0 saturated carbocycles. The van der Waals surface area contributed by atoms with E-state index in [0.29, 0.717) is 12.1 Å². The average molecular weight is 358 g/mol. The van der Waals surface area contributed by atoms with E-state index in [2.05, 4.69) is 22.4 Å². The van der Waals surface area contributed by atoms with Gasteiger partial charge in [0.05, 0.1) is 17.6 Å². The van der Waals surface area contributed by atoms with E-state index in [1.165, 1.54) is 5.56 Å². The SMILES string of the molecule is CC(C)(COC(=O)c1cccc2ccccc12)NC1=NCc2ccccc21. The molecule has 3 aromatic rings. The number of ether oxygens (including phenoxy) is 1. The van der Waals surface area contributed by atoms with Gasteiger partial charge in [-0.2, -0.15) is 0 Å². The van der Waals surface area contributed by atoms with Crippen LogP contribution < -0.4 is 5.32 Å². The molecule has 0 saturated heterocycles. The van der Waals surface area contributed by atoms with E-state index in [1.807, 2.05) is 68.4 Å². The molecule has 0 fully saturated rings. The van der Waals surface area contributed by atoms with Crippen molar-refractivity contribution in [1.29, 1.82) is 0 Å². The number of aliphatic imine (C=N–C) groups is 1. The molecule has 0 aliphatic carbocycles. The summed E-state index contributed by atoms with van der Waals surface area (Å²) >= 11 is 0. The molecule has 4 rings (SSSR count). The minimum Gasteiger partial charge on any atom is -0.460 e. The lowest BCUT2D eigenvalue weighted by Gasteiger charge is -2.27. The summed E-state index contributed by atoms with van der Waals surface area (Å²) in [6, 6.07) is 21.7. The van der Waals surface area contributed by atoms with Crippen LogP contribution in [0.2, 0.25) is 0 Å². The predicted molar refractivity (Wildman–Crippen MR) is 108 cm³/mol. The first-order valence-electron chi connectivity index (χ1n) is 9.09. The second-order valence-electron chi connectivity index (χ2n) is 7.43. The molecule has 27 heavy (non-hydrogen) atoms. The first-order chi connectivity index (χ1) is 13.0. The van der Waals surface area contributed by atoms with Crippen molar-refractivity contribution in [3.63, 3.8) is 0 Å². The lowest BCUT2D eigenvalue weighted by Crippen LogP contribution is -2.47. The maximum atomic E-state index is 12.7. The molecule has 0 atom stereocenters. The number of nitrogens with one attached hydrogen (secondary N) is 1. The Bertz CT molecular complexity index is 1030. The highest BCUT2D eigenvalue weighted by atomic mass is 16.5. The van der Waals surface area contributed by atoms with Crippen LogP contribution in [0.4, 0.5) is 0 Å². The largest absolute Gasteiger partial charge is 0.460 e.